The zero-order chi connectivity index (χ0) is 19.4. The Morgan fingerprint density at radius 1 is 1.33 bits per heavy atom. The number of nitrogens with one attached hydrogen (secondary N) is 1. The number of hydrogen-bond donors (Lipinski definition) is 1. The van der Waals surface area contributed by atoms with Crippen LogP contribution < -0.4 is 5.32 Å². The minimum atomic E-state index is -3.74. The molecule has 0 aliphatic rings. The third-order valence-electron chi connectivity index (χ3n) is 3.65. The first-order chi connectivity index (χ1) is 12.9. The smallest absolute Gasteiger partial charge is 0.252 e. The van der Waals surface area contributed by atoms with E-state index in [-0.39, 0.29) is 17.3 Å². The fourth-order valence-corrected chi connectivity index (χ4v) is 5.02. The number of carbonyl (C=O) groups excluding carboxylic acids is 1. The molecular weight excluding hydrogens is 410 g/mol. The number of halogens is 1. The second kappa shape index (κ2) is 8.17. The summed E-state index contributed by atoms with van der Waals surface area (Å²) in [7, 11) is -2.39. The van der Waals surface area contributed by atoms with E-state index < -0.39 is 15.9 Å². The Morgan fingerprint density at radius 2 is 2.15 bits per heavy atom. The first-order valence-corrected chi connectivity index (χ1v) is 10.4. The van der Waals surface area contributed by atoms with Crippen molar-refractivity contribution in [1.29, 1.82) is 0 Å². The van der Waals surface area contributed by atoms with Crippen molar-refractivity contribution in [3.63, 3.8) is 0 Å². The van der Waals surface area contributed by atoms with Crippen LogP contribution in [0.4, 0.5) is 0 Å². The SMILES string of the molecule is CN(CC(=O)NCc1ccc(-n2ccnc2)nc1)S(=O)(=O)c1ccc(Cl)s1. The van der Waals surface area contributed by atoms with Crippen LogP contribution in [0.25, 0.3) is 5.82 Å². The summed E-state index contributed by atoms with van der Waals surface area (Å²) in [4.78, 5) is 20.3. The minimum Gasteiger partial charge on any atom is -0.351 e. The molecular formula is C16H16ClN5O3S2. The number of amides is 1. The number of likely N-dealkylation sites (N-methyl/N-ethyl adjacent to an activating group) is 1. The van der Waals surface area contributed by atoms with Gasteiger partial charge in [-0.2, -0.15) is 4.31 Å². The third-order valence-corrected chi connectivity index (χ3v) is 7.15. The van der Waals surface area contributed by atoms with Crippen molar-refractivity contribution in [2.75, 3.05) is 13.6 Å². The predicted molar refractivity (Wildman–Crippen MR) is 102 cm³/mol. The summed E-state index contributed by atoms with van der Waals surface area (Å²) in [5, 5.41) is 2.69. The molecule has 0 aliphatic heterocycles. The summed E-state index contributed by atoms with van der Waals surface area (Å²) in [5.74, 6) is 0.297. The van der Waals surface area contributed by atoms with Crippen LogP contribution in [0.15, 0.2) is 53.4 Å². The Morgan fingerprint density at radius 3 is 2.74 bits per heavy atom. The van der Waals surface area contributed by atoms with E-state index in [0.29, 0.717) is 10.2 Å². The normalized spacial score (nSPS) is 11.7. The molecule has 1 N–H and O–H groups in total. The van der Waals surface area contributed by atoms with E-state index >= 15 is 0 Å². The largest absolute Gasteiger partial charge is 0.351 e. The van der Waals surface area contributed by atoms with Crippen molar-refractivity contribution in [1.82, 2.24) is 24.2 Å². The highest BCUT2D eigenvalue weighted by molar-refractivity contribution is 7.91. The molecule has 27 heavy (non-hydrogen) atoms. The standard InChI is InChI=1S/C16H16ClN5O3S2/c1-21(27(24,25)16-5-3-13(17)26-16)10-15(23)20-9-12-2-4-14(19-8-12)22-7-6-18-11-22/h2-8,11H,9-10H2,1H3,(H,20,23). The van der Waals surface area contributed by atoms with Crippen molar-refractivity contribution in [2.45, 2.75) is 10.8 Å². The van der Waals surface area contributed by atoms with Crippen molar-refractivity contribution >= 4 is 38.9 Å². The predicted octanol–water partition coefficient (Wildman–Crippen LogP) is 1.92. The van der Waals surface area contributed by atoms with Gasteiger partial charge in [0, 0.05) is 32.2 Å². The van der Waals surface area contributed by atoms with E-state index in [1.807, 2.05) is 6.07 Å². The van der Waals surface area contributed by atoms with E-state index in [9.17, 15) is 13.2 Å². The zero-order valence-electron chi connectivity index (χ0n) is 14.2. The highest BCUT2D eigenvalue weighted by atomic mass is 35.5. The summed E-state index contributed by atoms with van der Waals surface area (Å²) in [5.41, 5.74) is 0.794. The van der Waals surface area contributed by atoms with Gasteiger partial charge >= 0.3 is 0 Å². The second-order valence-corrected chi connectivity index (χ2v) is 9.58. The van der Waals surface area contributed by atoms with Gasteiger partial charge in [0.05, 0.1) is 10.9 Å². The third kappa shape index (κ3) is 4.72. The topological polar surface area (TPSA) is 97.2 Å². The summed E-state index contributed by atoms with van der Waals surface area (Å²) in [6.45, 7) is -0.0485. The van der Waals surface area contributed by atoms with E-state index in [2.05, 4.69) is 15.3 Å². The highest BCUT2D eigenvalue weighted by Gasteiger charge is 2.24. The number of hydrogen-bond acceptors (Lipinski definition) is 6. The van der Waals surface area contributed by atoms with Crippen molar-refractivity contribution in [3.8, 4) is 5.82 Å². The van der Waals surface area contributed by atoms with E-state index in [1.54, 1.807) is 35.6 Å². The van der Waals surface area contributed by atoms with Gasteiger partial charge in [-0.3, -0.25) is 9.36 Å². The number of rotatable bonds is 7. The summed E-state index contributed by atoms with van der Waals surface area (Å²) in [6.07, 6.45) is 6.72. The molecule has 142 valence electrons. The number of imidazole rings is 1. The molecule has 0 bridgehead atoms. The Bertz CT molecular complexity index is 1020. The number of pyridine rings is 1. The van der Waals surface area contributed by atoms with Gasteiger partial charge < -0.3 is 5.32 Å². The number of sulfonamides is 1. The lowest BCUT2D eigenvalue weighted by atomic mass is 10.3. The van der Waals surface area contributed by atoms with Gasteiger partial charge in [-0.25, -0.2) is 18.4 Å². The van der Waals surface area contributed by atoms with Gasteiger partial charge in [-0.15, -0.1) is 11.3 Å². The van der Waals surface area contributed by atoms with Crippen LogP contribution in [0.2, 0.25) is 4.34 Å². The molecule has 0 aliphatic carbocycles. The number of thiophene rings is 1. The zero-order valence-corrected chi connectivity index (χ0v) is 16.6. The lowest BCUT2D eigenvalue weighted by Crippen LogP contribution is -2.37. The average Bonchev–Trinajstić information content (AvgIpc) is 3.32. The first-order valence-electron chi connectivity index (χ1n) is 7.78. The Kier molecular flexibility index (Phi) is 5.90. The van der Waals surface area contributed by atoms with Gasteiger partial charge in [0.2, 0.25) is 5.91 Å². The maximum atomic E-state index is 12.4. The Hall–Kier alpha value is -2.27. The van der Waals surface area contributed by atoms with Crippen LogP contribution in [-0.2, 0) is 21.4 Å². The maximum absolute atomic E-state index is 12.4. The van der Waals surface area contributed by atoms with Crippen LogP contribution in [0.3, 0.4) is 0 Å². The molecule has 3 rings (SSSR count). The molecule has 3 aromatic heterocycles. The molecule has 0 unspecified atom stereocenters. The molecule has 3 heterocycles. The average molecular weight is 426 g/mol. The maximum Gasteiger partial charge on any atom is 0.252 e. The Balaban J connectivity index is 1.55. The molecule has 0 aromatic carbocycles. The second-order valence-electron chi connectivity index (χ2n) is 5.59. The van der Waals surface area contributed by atoms with E-state index in [4.69, 9.17) is 11.6 Å². The number of aromatic nitrogens is 3. The van der Waals surface area contributed by atoms with Gasteiger partial charge in [0.1, 0.15) is 16.4 Å². The van der Waals surface area contributed by atoms with E-state index in [1.165, 1.54) is 19.2 Å². The van der Waals surface area contributed by atoms with Crippen molar-refractivity contribution in [2.24, 2.45) is 0 Å². The fourth-order valence-electron chi connectivity index (χ4n) is 2.20. The van der Waals surface area contributed by atoms with Gasteiger partial charge in [-0.05, 0) is 23.8 Å². The molecule has 0 saturated heterocycles. The van der Waals surface area contributed by atoms with Crippen molar-refractivity contribution < 1.29 is 13.2 Å². The minimum absolute atomic E-state index is 0.0992. The molecule has 0 saturated carbocycles. The summed E-state index contributed by atoms with van der Waals surface area (Å²) < 4.78 is 28.0. The molecule has 0 radical (unpaired) electrons. The lowest BCUT2D eigenvalue weighted by Gasteiger charge is -2.15. The van der Waals surface area contributed by atoms with Crippen LogP contribution in [0, 0.1) is 0 Å². The molecule has 3 aromatic rings. The molecule has 1 amide bonds. The quantitative estimate of drug-likeness (QED) is 0.623. The Labute approximate surface area is 165 Å². The monoisotopic (exact) mass is 425 g/mol. The summed E-state index contributed by atoms with van der Waals surface area (Å²) >= 11 is 6.73. The molecule has 8 nitrogen and oxygen atoms in total. The van der Waals surface area contributed by atoms with Crippen molar-refractivity contribution in [3.05, 3.63) is 59.1 Å². The van der Waals surface area contributed by atoms with Gasteiger partial charge in [0.15, 0.2) is 0 Å². The molecule has 0 spiro atoms. The van der Waals surface area contributed by atoms with Crippen LogP contribution >= 0.6 is 22.9 Å². The molecule has 0 atom stereocenters. The molecule has 11 heteroatoms. The van der Waals surface area contributed by atoms with Gasteiger partial charge in [0.25, 0.3) is 10.0 Å². The first kappa shape index (κ1) is 19.5. The summed E-state index contributed by atoms with van der Waals surface area (Å²) in [6, 6.07) is 6.56. The number of carbonyl (C=O) groups is 1. The fraction of sp³-hybridized carbons (Fsp3) is 0.188. The lowest BCUT2D eigenvalue weighted by molar-refractivity contribution is -0.121. The van der Waals surface area contributed by atoms with Crippen LogP contribution in [-0.4, -0.2) is 46.8 Å². The highest BCUT2D eigenvalue weighted by Crippen LogP contribution is 2.27. The van der Waals surface area contributed by atoms with Gasteiger partial charge in [-0.1, -0.05) is 17.7 Å². The van der Waals surface area contributed by atoms with E-state index in [0.717, 1.165) is 21.2 Å². The van der Waals surface area contributed by atoms with Crippen LogP contribution in [0.5, 0.6) is 0 Å². The van der Waals surface area contributed by atoms with Crippen LogP contribution in [0.1, 0.15) is 5.56 Å². The number of nitrogens with zero attached hydrogens (tertiary/aromatic N) is 4. The molecule has 0 fully saturated rings.